The first kappa shape index (κ1) is 21.9. The zero-order valence-corrected chi connectivity index (χ0v) is 16.9. The monoisotopic (exact) mass is 398 g/mol. The van der Waals surface area contributed by atoms with E-state index in [-0.39, 0.29) is 30.0 Å². The molecule has 0 unspecified atom stereocenters. The smallest absolute Gasteiger partial charge is 0.340 e. The lowest BCUT2D eigenvalue weighted by atomic mass is 10.1. The number of methoxy groups -OCH3 is 1. The molecular formula is C22H26N2O5. The predicted molar refractivity (Wildman–Crippen MR) is 110 cm³/mol. The van der Waals surface area contributed by atoms with E-state index < -0.39 is 5.97 Å². The van der Waals surface area contributed by atoms with Crippen molar-refractivity contribution in [2.45, 2.75) is 32.7 Å². The minimum Gasteiger partial charge on any atom is -0.497 e. The molecule has 0 aromatic heterocycles. The van der Waals surface area contributed by atoms with Crippen LogP contribution in [0.25, 0.3) is 0 Å². The number of rotatable bonds is 9. The van der Waals surface area contributed by atoms with Crippen LogP contribution < -0.4 is 15.4 Å². The molecule has 7 nitrogen and oxygen atoms in total. The summed E-state index contributed by atoms with van der Waals surface area (Å²) in [4.78, 5) is 36.8. The Morgan fingerprint density at radius 2 is 1.72 bits per heavy atom. The van der Waals surface area contributed by atoms with Crippen LogP contribution in [-0.4, -0.2) is 37.5 Å². The summed E-state index contributed by atoms with van der Waals surface area (Å²) in [5.74, 6) is -0.788. The van der Waals surface area contributed by atoms with Gasteiger partial charge in [0.1, 0.15) is 5.75 Å². The van der Waals surface area contributed by atoms with Gasteiger partial charge in [-0.05, 0) is 49.7 Å². The SMILES string of the molecule is CCC[C@@H](C)NC(=O)COC(=O)c1ccccc1NC(=O)c1ccc(OC)cc1. The van der Waals surface area contributed by atoms with E-state index in [1.807, 2.05) is 13.8 Å². The highest BCUT2D eigenvalue weighted by molar-refractivity contribution is 6.08. The minimum atomic E-state index is -0.686. The number of nitrogens with one attached hydrogen (secondary N) is 2. The largest absolute Gasteiger partial charge is 0.497 e. The second-order valence-corrected chi connectivity index (χ2v) is 6.56. The summed E-state index contributed by atoms with van der Waals surface area (Å²) in [6.45, 7) is 3.54. The van der Waals surface area contributed by atoms with Gasteiger partial charge in [0.25, 0.3) is 11.8 Å². The first-order valence-corrected chi connectivity index (χ1v) is 9.45. The summed E-state index contributed by atoms with van der Waals surface area (Å²) in [7, 11) is 1.54. The van der Waals surface area contributed by atoms with Crippen LogP contribution in [0.5, 0.6) is 5.75 Å². The number of esters is 1. The first-order chi connectivity index (χ1) is 13.9. The summed E-state index contributed by atoms with van der Waals surface area (Å²) in [5, 5.41) is 5.47. The first-order valence-electron chi connectivity index (χ1n) is 9.45. The zero-order chi connectivity index (χ0) is 21.2. The normalized spacial score (nSPS) is 11.3. The van der Waals surface area contributed by atoms with Crippen molar-refractivity contribution in [1.82, 2.24) is 5.32 Å². The van der Waals surface area contributed by atoms with Crippen molar-refractivity contribution in [3.05, 3.63) is 59.7 Å². The summed E-state index contributed by atoms with van der Waals surface area (Å²) in [6.07, 6.45) is 1.79. The number of ether oxygens (including phenoxy) is 2. The van der Waals surface area contributed by atoms with Gasteiger partial charge in [-0.15, -0.1) is 0 Å². The molecule has 0 heterocycles. The molecule has 2 rings (SSSR count). The van der Waals surface area contributed by atoms with Crippen LogP contribution in [0.2, 0.25) is 0 Å². The Hall–Kier alpha value is -3.35. The molecule has 2 N–H and O–H groups in total. The van der Waals surface area contributed by atoms with E-state index in [1.54, 1.807) is 49.6 Å². The molecule has 154 valence electrons. The molecule has 2 amide bonds. The van der Waals surface area contributed by atoms with Crippen molar-refractivity contribution in [2.75, 3.05) is 19.0 Å². The number of carbonyl (C=O) groups is 3. The van der Waals surface area contributed by atoms with E-state index in [0.717, 1.165) is 12.8 Å². The van der Waals surface area contributed by atoms with Gasteiger partial charge in [0.05, 0.1) is 18.4 Å². The van der Waals surface area contributed by atoms with Crippen LogP contribution in [-0.2, 0) is 9.53 Å². The van der Waals surface area contributed by atoms with Gasteiger partial charge < -0.3 is 20.1 Å². The maximum atomic E-state index is 12.5. The Bertz CT molecular complexity index is 849. The van der Waals surface area contributed by atoms with Gasteiger partial charge in [0.15, 0.2) is 6.61 Å². The lowest BCUT2D eigenvalue weighted by Crippen LogP contribution is -2.35. The van der Waals surface area contributed by atoms with Crippen LogP contribution in [0.15, 0.2) is 48.5 Å². The molecule has 0 aliphatic rings. The number of anilines is 1. The molecule has 0 radical (unpaired) electrons. The van der Waals surface area contributed by atoms with E-state index in [1.165, 1.54) is 6.07 Å². The summed E-state index contributed by atoms with van der Waals surface area (Å²) in [5.41, 5.74) is 0.889. The molecule has 0 bridgehead atoms. The van der Waals surface area contributed by atoms with E-state index >= 15 is 0 Å². The van der Waals surface area contributed by atoms with E-state index in [4.69, 9.17) is 9.47 Å². The van der Waals surface area contributed by atoms with Crippen LogP contribution in [0.4, 0.5) is 5.69 Å². The Balaban J connectivity index is 2.00. The Labute approximate surface area is 170 Å². The molecule has 0 aliphatic heterocycles. The molecular weight excluding hydrogens is 372 g/mol. The van der Waals surface area contributed by atoms with Gasteiger partial charge >= 0.3 is 5.97 Å². The van der Waals surface area contributed by atoms with Crippen LogP contribution in [0.3, 0.4) is 0 Å². The van der Waals surface area contributed by atoms with E-state index in [0.29, 0.717) is 17.0 Å². The van der Waals surface area contributed by atoms with Crippen LogP contribution >= 0.6 is 0 Å². The van der Waals surface area contributed by atoms with Crippen LogP contribution in [0.1, 0.15) is 47.4 Å². The summed E-state index contributed by atoms with van der Waals surface area (Å²) in [6, 6.07) is 13.1. The lowest BCUT2D eigenvalue weighted by molar-refractivity contribution is -0.124. The fourth-order valence-corrected chi connectivity index (χ4v) is 2.74. The highest BCUT2D eigenvalue weighted by atomic mass is 16.5. The quantitative estimate of drug-likeness (QED) is 0.632. The molecule has 0 saturated heterocycles. The van der Waals surface area contributed by atoms with Crippen LogP contribution in [0, 0.1) is 0 Å². The standard InChI is InChI=1S/C22H26N2O5/c1-4-7-15(2)23-20(25)14-29-22(27)18-8-5-6-9-19(18)24-21(26)16-10-12-17(28-3)13-11-16/h5-6,8-13,15H,4,7,14H2,1-3H3,(H,23,25)(H,24,26)/t15-/m1/s1. The Morgan fingerprint density at radius 3 is 2.38 bits per heavy atom. The molecule has 0 fully saturated rings. The fraction of sp³-hybridized carbons (Fsp3) is 0.318. The van der Waals surface area contributed by atoms with Crippen molar-refractivity contribution in [2.24, 2.45) is 0 Å². The number of hydrogen-bond donors (Lipinski definition) is 2. The number of benzene rings is 2. The molecule has 1 atom stereocenters. The fourth-order valence-electron chi connectivity index (χ4n) is 2.74. The lowest BCUT2D eigenvalue weighted by Gasteiger charge is -2.14. The molecule has 0 aliphatic carbocycles. The average Bonchev–Trinajstić information content (AvgIpc) is 2.72. The third-order valence-electron chi connectivity index (χ3n) is 4.21. The maximum Gasteiger partial charge on any atom is 0.340 e. The van der Waals surface area contributed by atoms with Gasteiger partial charge in [0.2, 0.25) is 0 Å². The van der Waals surface area contributed by atoms with Gasteiger partial charge in [-0.3, -0.25) is 9.59 Å². The number of para-hydroxylation sites is 1. The molecule has 0 saturated carbocycles. The van der Waals surface area contributed by atoms with Crippen molar-refractivity contribution >= 4 is 23.5 Å². The van der Waals surface area contributed by atoms with Gasteiger partial charge in [-0.2, -0.15) is 0 Å². The highest BCUT2D eigenvalue weighted by Crippen LogP contribution is 2.18. The average molecular weight is 398 g/mol. The number of hydrogen-bond acceptors (Lipinski definition) is 5. The topological polar surface area (TPSA) is 93.7 Å². The van der Waals surface area contributed by atoms with E-state index in [2.05, 4.69) is 10.6 Å². The molecule has 2 aromatic rings. The molecule has 29 heavy (non-hydrogen) atoms. The summed E-state index contributed by atoms with van der Waals surface area (Å²) >= 11 is 0. The minimum absolute atomic E-state index is 0.0160. The van der Waals surface area contributed by atoms with Crippen molar-refractivity contribution in [3.8, 4) is 5.75 Å². The van der Waals surface area contributed by atoms with Crippen molar-refractivity contribution in [3.63, 3.8) is 0 Å². The second kappa shape index (κ2) is 10.8. The summed E-state index contributed by atoms with van der Waals surface area (Å²) < 4.78 is 10.2. The molecule has 0 spiro atoms. The third kappa shape index (κ3) is 6.64. The Morgan fingerprint density at radius 1 is 1.03 bits per heavy atom. The van der Waals surface area contributed by atoms with Gasteiger partial charge in [-0.25, -0.2) is 4.79 Å². The maximum absolute atomic E-state index is 12.5. The van der Waals surface area contributed by atoms with Crippen molar-refractivity contribution < 1.29 is 23.9 Å². The number of carbonyl (C=O) groups excluding carboxylic acids is 3. The Kier molecular flexibility index (Phi) is 8.21. The third-order valence-corrected chi connectivity index (χ3v) is 4.21. The highest BCUT2D eigenvalue weighted by Gasteiger charge is 2.17. The predicted octanol–water partition coefficient (Wildman–Crippen LogP) is 3.41. The molecule has 7 heteroatoms. The van der Waals surface area contributed by atoms with E-state index in [9.17, 15) is 14.4 Å². The number of amides is 2. The van der Waals surface area contributed by atoms with Gasteiger partial charge in [-0.1, -0.05) is 25.5 Å². The second-order valence-electron chi connectivity index (χ2n) is 6.56. The van der Waals surface area contributed by atoms with Crippen molar-refractivity contribution in [1.29, 1.82) is 0 Å². The molecule has 2 aromatic carbocycles. The van der Waals surface area contributed by atoms with Gasteiger partial charge in [0, 0.05) is 11.6 Å². The zero-order valence-electron chi connectivity index (χ0n) is 16.9.